The van der Waals surface area contributed by atoms with Gasteiger partial charge in [-0.05, 0) is 19.9 Å². The third kappa shape index (κ3) is 2.52. The van der Waals surface area contributed by atoms with E-state index in [2.05, 4.69) is 17.0 Å². The van der Waals surface area contributed by atoms with Gasteiger partial charge in [0.2, 0.25) is 5.88 Å². The minimum Gasteiger partial charge on any atom is -0.442 e. The van der Waals surface area contributed by atoms with Gasteiger partial charge in [-0.1, -0.05) is 24.1 Å². The fourth-order valence-electron chi connectivity index (χ4n) is 2.57. The molecule has 4 heteroatoms. The van der Waals surface area contributed by atoms with Crippen LogP contribution in [0.15, 0.2) is 39.9 Å². The van der Waals surface area contributed by atoms with Crippen molar-refractivity contribution in [3.63, 3.8) is 0 Å². The van der Waals surface area contributed by atoms with Gasteiger partial charge in [-0.25, -0.2) is 4.99 Å². The minimum absolute atomic E-state index is 0.344. The van der Waals surface area contributed by atoms with E-state index in [1.165, 1.54) is 0 Å². The van der Waals surface area contributed by atoms with E-state index in [1.54, 1.807) is 6.21 Å². The Hall–Kier alpha value is -3.24. The van der Waals surface area contributed by atoms with Crippen molar-refractivity contribution in [2.75, 3.05) is 0 Å². The highest BCUT2D eigenvalue weighted by atomic mass is 16.4. The average Bonchev–Trinajstić information content (AvgIpc) is 3.04. The molecule has 0 atom stereocenters. The number of terminal acetylenes is 1. The summed E-state index contributed by atoms with van der Waals surface area (Å²) >= 11 is 0. The predicted octanol–water partition coefficient (Wildman–Crippen LogP) is 4.11. The SMILES string of the molecule is C#CCn1cc(C=Nc2oc(C)c(C)c2C#N)c2ccccc21. The maximum atomic E-state index is 9.25. The second-order valence-electron chi connectivity index (χ2n) is 5.27. The van der Waals surface area contributed by atoms with E-state index >= 15 is 0 Å². The van der Waals surface area contributed by atoms with E-state index in [4.69, 9.17) is 10.8 Å². The number of hydrogen-bond donors (Lipinski definition) is 0. The van der Waals surface area contributed by atoms with Crippen molar-refractivity contribution >= 4 is 23.0 Å². The average molecular weight is 301 g/mol. The van der Waals surface area contributed by atoms with Crippen molar-refractivity contribution in [3.8, 4) is 18.4 Å². The summed E-state index contributed by atoms with van der Waals surface area (Å²) in [6.07, 6.45) is 9.10. The van der Waals surface area contributed by atoms with Crippen LogP contribution in [0.2, 0.25) is 0 Å². The molecule has 0 amide bonds. The van der Waals surface area contributed by atoms with E-state index < -0.39 is 0 Å². The van der Waals surface area contributed by atoms with Crippen LogP contribution in [0, 0.1) is 37.5 Å². The third-order valence-corrected chi connectivity index (χ3v) is 3.88. The second kappa shape index (κ2) is 5.87. The van der Waals surface area contributed by atoms with Gasteiger partial charge in [0, 0.05) is 34.4 Å². The molecule has 0 bridgehead atoms. The standard InChI is InChI=1S/C19H15N3O/c1-4-9-22-12-15(16-7-5-6-8-18(16)22)11-21-19-17(10-20)13(2)14(3)23-19/h1,5-8,11-12H,9H2,2-3H3. The van der Waals surface area contributed by atoms with Crippen molar-refractivity contribution in [3.05, 3.63) is 52.9 Å². The number of benzene rings is 1. The first-order valence-corrected chi connectivity index (χ1v) is 7.21. The summed E-state index contributed by atoms with van der Waals surface area (Å²) in [4.78, 5) is 4.37. The molecule has 0 aliphatic rings. The lowest BCUT2D eigenvalue weighted by Gasteiger charge is -1.97. The molecular formula is C19H15N3O. The Balaban J connectivity index is 2.08. The van der Waals surface area contributed by atoms with E-state index in [9.17, 15) is 5.26 Å². The van der Waals surface area contributed by atoms with Crippen molar-refractivity contribution < 1.29 is 4.42 Å². The Morgan fingerprint density at radius 3 is 2.87 bits per heavy atom. The zero-order valence-corrected chi connectivity index (χ0v) is 13.0. The van der Waals surface area contributed by atoms with Crippen LogP contribution in [0.1, 0.15) is 22.5 Å². The molecule has 112 valence electrons. The monoisotopic (exact) mass is 301 g/mol. The number of aromatic nitrogens is 1. The molecule has 0 saturated heterocycles. The molecule has 4 nitrogen and oxygen atoms in total. The zero-order valence-electron chi connectivity index (χ0n) is 13.0. The molecule has 0 aliphatic heterocycles. The Morgan fingerprint density at radius 2 is 2.13 bits per heavy atom. The molecule has 2 heterocycles. The lowest BCUT2D eigenvalue weighted by Crippen LogP contribution is -1.91. The van der Waals surface area contributed by atoms with Crippen molar-refractivity contribution in [2.24, 2.45) is 4.99 Å². The van der Waals surface area contributed by atoms with Gasteiger partial charge in [0.05, 0.1) is 6.54 Å². The fraction of sp³-hybridized carbons (Fsp3) is 0.158. The quantitative estimate of drug-likeness (QED) is 0.540. The van der Waals surface area contributed by atoms with Crippen LogP contribution in [0.3, 0.4) is 0 Å². The van der Waals surface area contributed by atoms with Crippen LogP contribution in [-0.4, -0.2) is 10.8 Å². The van der Waals surface area contributed by atoms with Crippen LogP contribution >= 0.6 is 0 Å². The van der Waals surface area contributed by atoms with E-state index in [-0.39, 0.29) is 0 Å². The van der Waals surface area contributed by atoms with Crippen LogP contribution in [0.5, 0.6) is 0 Å². The molecule has 0 radical (unpaired) electrons. The van der Waals surface area contributed by atoms with Crippen LogP contribution in [-0.2, 0) is 6.54 Å². The summed E-state index contributed by atoms with van der Waals surface area (Å²) in [5, 5.41) is 10.3. The van der Waals surface area contributed by atoms with Gasteiger partial charge in [-0.2, -0.15) is 5.26 Å². The lowest BCUT2D eigenvalue weighted by molar-refractivity contribution is 0.542. The van der Waals surface area contributed by atoms with E-state index in [0.29, 0.717) is 23.8 Å². The lowest BCUT2D eigenvalue weighted by atomic mass is 10.2. The summed E-state index contributed by atoms with van der Waals surface area (Å²) in [6.45, 7) is 4.18. The molecule has 2 aromatic heterocycles. The summed E-state index contributed by atoms with van der Waals surface area (Å²) in [5.74, 6) is 3.70. The Labute approximate surface area is 134 Å². The largest absolute Gasteiger partial charge is 0.442 e. The van der Waals surface area contributed by atoms with E-state index in [1.807, 2.05) is 48.9 Å². The normalized spacial score (nSPS) is 11.0. The van der Waals surface area contributed by atoms with E-state index in [0.717, 1.165) is 22.0 Å². The summed E-state index contributed by atoms with van der Waals surface area (Å²) < 4.78 is 7.57. The second-order valence-corrected chi connectivity index (χ2v) is 5.27. The highest BCUT2D eigenvalue weighted by Crippen LogP contribution is 2.28. The van der Waals surface area contributed by atoms with Gasteiger partial charge < -0.3 is 8.98 Å². The molecule has 0 N–H and O–H groups in total. The van der Waals surface area contributed by atoms with Gasteiger partial charge in [0.1, 0.15) is 17.4 Å². The topological polar surface area (TPSA) is 54.2 Å². The van der Waals surface area contributed by atoms with Gasteiger partial charge >= 0.3 is 0 Å². The number of para-hydroxylation sites is 1. The van der Waals surface area contributed by atoms with Crippen molar-refractivity contribution in [2.45, 2.75) is 20.4 Å². The molecule has 0 spiro atoms. The zero-order chi connectivity index (χ0) is 16.4. The molecule has 0 unspecified atom stereocenters. The van der Waals surface area contributed by atoms with Crippen molar-refractivity contribution in [1.82, 2.24) is 4.57 Å². The summed E-state index contributed by atoms with van der Waals surface area (Å²) in [5.41, 5.74) is 3.30. The first-order valence-electron chi connectivity index (χ1n) is 7.21. The van der Waals surface area contributed by atoms with Crippen LogP contribution in [0.4, 0.5) is 5.88 Å². The number of fused-ring (bicyclic) bond motifs is 1. The number of nitrogens with zero attached hydrogens (tertiary/aromatic N) is 3. The number of nitriles is 1. The first kappa shape index (κ1) is 14.7. The first-order chi connectivity index (χ1) is 11.2. The summed E-state index contributed by atoms with van der Waals surface area (Å²) in [7, 11) is 0. The number of aryl methyl sites for hydroxylation is 1. The molecule has 0 saturated carbocycles. The van der Waals surface area contributed by atoms with Gasteiger partial charge in [-0.15, -0.1) is 6.42 Å². The molecule has 23 heavy (non-hydrogen) atoms. The van der Waals surface area contributed by atoms with Crippen molar-refractivity contribution in [1.29, 1.82) is 5.26 Å². The number of furan rings is 1. The minimum atomic E-state index is 0.344. The Bertz CT molecular complexity index is 990. The Morgan fingerprint density at radius 1 is 1.35 bits per heavy atom. The molecule has 1 aromatic carbocycles. The molecule has 0 fully saturated rings. The number of aliphatic imine (C=N–C) groups is 1. The highest BCUT2D eigenvalue weighted by molar-refractivity contribution is 6.00. The highest BCUT2D eigenvalue weighted by Gasteiger charge is 2.13. The van der Waals surface area contributed by atoms with Gasteiger partial charge in [0.15, 0.2) is 0 Å². The third-order valence-electron chi connectivity index (χ3n) is 3.88. The molecule has 3 aromatic rings. The smallest absolute Gasteiger partial charge is 0.237 e. The molecule has 0 aliphatic carbocycles. The van der Waals surface area contributed by atoms with Crippen LogP contribution < -0.4 is 0 Å². The number of rotatable bonds is 3. The van der Waals surface area contributed by atoms with Gasteiger partial charge in [0.25, 0.3) is 0 Å². The molecular weight excluding hydrogens is 286 g/mol. The number of hydrogen-bond acceptors (Lipinski definition) is 3. The van der Waals surface area contributed by atoms with Crippen LogP contribution in [0.25, 0.3) is 10.9 Å². The molecule has 3 rings (SSSR count). The predicted molar refractivity (Wildman–Crippen MR) is 90.9 cm³/mol. The summed E-state index contributed by atoms with van der Waals surface area (Å²) in [6, 6.07) is 10.1. The maximum absolute atomic E-state index is 9.25. The van der Waals surface area contributed by atoms with Gasteiger partial charge in [-0.3, -0.25) is 0 Å². The maximum Gasteiger partial charge on any atom is 0.237 e. The Kier molecular flexibility index (Phi) is 3.75. The fourth-order valence-corrected chi connectivity index (χ4v) is 2.57.